The molecule has 1 amide bonds. The molecule has 36 heavy (non-hydrogen) atoms. The summed E-state index contributed by atoms with van der Waals surface area (Å²) in [5, 5.41) is 3.01. The molecule has 0 unspecified atom stereocenters. The maximum absolute atomic E-state index is 15.4. The van der Waals surface area contributed by atoms with Gasteiger partial charge >= 0.3 is 12.1 Å². The van der Waals surface area contributed by atoms with Crippen LogP contribution in [-0.2, 0) is 9.47 Å². The SMILES string of the molecule is CCOC(=O)c1cn(C2CC2)c2nc(N3CC[C@@H](CC)[C@H](NC(=O)OC(C)(C)C)C3)c(F)cc2c1=O. The standard InChI is InChI=1S/C26H35FN4O5/c1-6-15-10-11-30(14-20(15)28-25(34)36-26(3,4)5)23-19(27)12-17-21(32)18(24(33)35-7-2)13-31(16-8-9-16)22(17)29-23/h12-13,15-16,20H,6-11,14H2,1-5H3,(H,28,34)/t15-,20-/m1/s1. The van der Waals surface area contributed by atoms with Gasteiger partial charge in [0.1, 0.15) is 16.8 Å². The molecule has 1 aliphatic heterocycles. The Kier molecular flexibility index (Phi) is 7.24. The maximum Gasteiger partial charge on any atom is 0.407 e. The average Bonchev–Trinajstić information content (AvgIpc) is 3.63. The van der Waals surface area contributed by atoms with E-state index in [1.165, 1.54) is 12.3 Å². The Morgan fingerprint density at radius 3 is 2.56 bits per heavy atom. The molecule has 2 aromatic rings. The highest BCUT2D eigenvalue weighted by Crippen LogP contribution is 2.37. The third-order valence-electron chi connectivity index (χ3n) is 6.66. The number of fused-ring (bicyclic) bond motifs is 1. The molecule has 2 aliphatic rings. The summed E-state index contributed by atoms with van der Waals surface area (Å²) in [5.74, 6) is -1.02. The molecule has 9 nitrogen and oxygen atoms in total. The van der Waals surface area contributed by atoms with Gasteiger partial charge in [0, 0.05) is 25.3 Å². The molecule has 1 aliphatic carbocycles. The Morgan fingerprint density at radius 1 is 1.22 bits per heavy atom. The summed E-state index contributed by atoms with van der Waals surface area (Å²) in [6.45, 7) is 10.2. The van der Waals surface area contributed by atoms with E-state index in [1.807, 2.05) is 4.90 Å². The number of ether oxygens (including phenoxy) is 2. The van der Waals surface area contributed by atoms with Crippen LogP contribution in [0.5, 0.6) is 0 Å². The number of carbonyl (C=O) groups excluding carboxylic acids is 2. The molecule has 0 bridgehead atoms. The van der Waals surface area contributed by atoms with E-state index in [0.29, 0.717) is 18.7 Å². The highest BCUT2D eigenvalue weighted by Gasteiger charge is 2.34. The maximum atomic E-state index is 15.4. The van der Waals surface area contributed by atoms with Crippen LogP contribution in [0, 0.1) is 11.7 Å². The lowest BCUT2D eigenvalue weighted by Crippen LogP contribution is -2.53. The van der Waals surface area contributed by atoms with Gasteiger partial charge in [-0.25, -0.2) is 19.0 Å². The van der Waals surface area contributed by atoms with Gasteiger partial charge < -0.3 is 24.3 Å². The monoisotopic (exact) mass is 502 g/mol. The van der Waals surface area contributed by atoms with Crippen LogP contribution in [0.4, 0.5) is 15.0 Å². The van der Waals surface area contributed by atoms with Gasteiger partial charge in [0.2, 0.25) is 5.43 Å². The van der Waals surface area contributed by atoms with Gasteiger partial charge in [0.05, 0.1) is 18.0 Å². The van der Waals surface area contributed by atoms with E-state index in [0.717, 1.165) is 25.7 Å². The Morgan fingerprint density at radius 2 is 1.94 bits per heavy atom. The second-order valence-corrected chi connectivity index (χ2v) is 10.6. The third-order valence-corrected chi connectivity index (χ3v) is 6.66. The first-order valence-electron chi connectivity index (χ1n) is 12.7. The third kappa shape index (κ3) is 5.47. The zero-order valence-electron chi connectivity index (χ0n) is 21.6. The topological polar surface area (TPSA) is 103 Å². The largest absolute Gasteiger partial charge is 0.462 e. The van der Waals surface area contributed by atoms with Crippen LogP contribution in [0.15, 0.2) is 17.1 Å². The number of aromatic nitrogens is 2. The first kappa shape index (κ1) is 25.9. The zero-order chi connectivity index (χ0) is 26.2. The first-order chi connectivity index (χ1) is 17.0. The molecule has 2 fully saturated rings. The van der Waals surface area contributed by atoms with Crippen molar-refractivity contribution in [3.63, 3.8) is 0 Å². The molecule has 2 aromatic heterocycles. The lowest BCUT2D eigenvalue weighted by Gasteiger charge is -2.39. The molecule has 1 saturated carbocycles. The Balaban J connectivity index is 1.69. The Bertz CT molecular complexity index is 1220. The fourth-order valence-corrected chi connectivity index (χ4v) is 4.75. The van der Waals surface area contributed by atoms with Crippen molar-refractivity contribution in [1.29, 1.82) is 0 Å². The fraction of sp³-hybridized carbons (Fsp3) is 0.615. The number of rotatable bonds is 6. The number of carbonyl (C=O) groups is 2. The van der Waals surface area contributed by atoms with Crippen LogP contribution >= 0.6 is 0 Å². The average molecular weight is 503 g/mol. The number of anilines is 1. The quantitative estimate of drug-likeness (QED) is 0.591. The minimum Gasteiger partial charge on any atom is -0.462 e. The molecule has 1 saturated heterocycles. The highest BCUT2D eigenvalue weighted by molar-refractivity contribution is 5.93. The van der Waals surface area contributed by atoms with Crippen molar-refractivity contribution in [3.05, 3.63) is 33.9 Å². The van der Waals surface area contributed by atoms with E-state index >= 15 is 4.39 Å². The number of amides is 1. The van der Waals surface area contributed by atoms with E-state index < -0.39 is 28.9 Å². The van der Waals surface area contributed by atoms with E-state index in [9.17, 15) is 14.4 Å². The summed E-state index contributed by atoms with van der Waals surface area (Å²) >= 11 is 0. The van der Waals surface area contributed by atoms with Crippen molar-refractivity contribution in [1.82, 2.24) is 14.9 Å². The van der Waals surface area contributed by atoms with Gasteiger partial charge in [0.15, 0.2) is 11.6 Å². The lowest BCUT2D eigenvalue weighted by molar-refractivity contribution is 0.0476. The van der Waals surface area contributed by atoms with Crippen molar-refractivity contribution >= 4 is 28.9 Å². The molecule has 0 aromatic carbocycles. The van der Waals surface area contributed by atoms with Crippen molar-refractivity contribution in [2.75, 3.05) is 24.6 Å². The van der Waals surface area contributed by atoms with Crippen molar-refractivity contribution < 1.29 is 23.5 Å². The summed E-state index contributed by atoms with van der Waals surface area (Å²) in [6.07, 6.45) is 4.36. The minimum atomic E-state index is -0.721. The molecule has 2 atom stereocenters. The summed E-state index contributed by atoms with van der Waals surface area (Å²) in [4.78, 5) is 44.3. The zero-order valence-corrected chi connectivity index (χ0v) is 21.6. The fourth-order valence-electron chi connectivity index (χ4n) is 4.75. The number of nitrogens with zero attached hydrogens (tertiary/aromatic N) is 3. The van der Waals surface area contributed by atoms with Crippen LogP contribution < -0.4 is 15.6 Å². The van der Waals surface area contributed by atoms with E-state index in [-0.39, 0.29) is 41.4 Å². The summed E-state index contributed by atoms with van der Waals surface area (Å²) in [5.41, 5.74) is -0.981. The molecule has 3 heterocycles. The molecule has 196 valence electrons. The summed E-state index contributed by atoms with van der Waals surface area (Å²) in [6, 6.07) is 1.02. The van der Waals surface area contributed by atoms with Gasteiger partial charge in [-0.05, 0) is 58.9 Å². The Labute approximate surface area is 210 Å². The summed E-state index contributed by atoms with van der Waals surface area (Å²) in [7, 11) is 0. The second-order valence-electron chi connectivity index (χ2n) is 10.6. The number of nitrogens with one attached hydrogen (secondary N) is 1. The van der Waals surface area contributed by atoms with Crippen molar-refractivity contribution in [2.45, 2.75) is 78.0 Å². The van der Waals surface area contributed by atoms with E-state index in [1.54, 1.807) is 32.3 Å². The number of piperidine rings is 1. The molecule has 0 spiro atoms. The Hall–Kier alpha value is -3.17. The van der Waals surface area contributed by atoms with Crippen LogP contribution in [0.1, 0.15) is 76.7 Å². The number of halogens is 1. The number of hydrogen-bond donors (Lipinski definition) is 1. The number of hydrogen-bond acceptors (Lipinski definition) is 7. The predicted molar refractivity (Wildman–Crippen MR) is 134 cm³/mol. The van der Waals surface area contributed by atoms with Crippen LogP contribution in [-0.4, -0.2) is 53.0 Å². The summed E-state index contributed by atoms with van der Waals surface area (Å²) < 4.78 is 27.7. The van der Waals surface area contributed by atoms with Gasteiger partial charge in [0.25, 0.3) is 0 Å². The van der Waals surface area contributed by atoms with Crippen LogP contribution in [0.2, 0.25) is 0 Å². The molecule has 0 radical (unpaired) electrons. The smallest absolute Gasteiger partial charge is 0.407 e. The van der Waals surface area contributed by atoms with Gasteiger partial charge in [-0.1, -0.05) is 13.3 Å². The van der Waals surface area contributed by atoms with Crippen molar-refractivity contribution in [3.8, 4) is 0 Å². The predicted octanol–water partition coefficient (Wildman–Crippen LogP) is 4.18. The number of alkyl carbamates (subject to hydrolysis) is 1. The minimum absolute atomic E-state index is 0.0561. The number of pyridine rings is 2. The highest BCUT2D eigenvalue weighted by atomic mass is 19.1. The van der Waals surface area contributed by atoms with Gasteiger partial charge in [-0.3, -0.25) is 4.79 Å². The lowest BCUT2D eigenvalue weighted by atomic mass is 9.89. The molecule has 10 heteroatoms. The molecule has 4 rings (SSSR count). The molecular weight excluding hydrogens is 467 g/mol. The van der Waals surface area contributed by atoms with Crippen LogP contribution in [0.25, 0.3) is 11.0 Å². The number of esters is 1. The normalized spacial score (nSPS) is 20.3. The molecule has 1 N–H and O–H groups in total. The second kappa shape index (κ2) is 10.1. The molecular formula is C26H35FN4O5. The van der Waals surface area contributed by atoms with Crippen LogP contribution in [0.3, 0.4) is 0 Å². The van der Waals surface area contributed by atoms with Gasteiger partial charge in [-0.15, -0.1) is 0 Å². The van der Waals surface area contributed by atoms with Gasteiger partial charge in [-0.2, -0.15) is 0 Å². The van der Waals surface area contributed by atoms with E-state index in [4.69, 9.17) is 9.47 Å². The van der Waals surface area contributed by atoms with Crippen molar-refractivity contribution in [2.24, 2.45) is 5.92 Å². The first-order valence-corrected chi connectivity index (χ1v) is 12.7. The van der Waals surface area contributed by atoms with E-state index in [2.05, 4.69) is 17.2 Å².